The highest BCUT2D eigenvalue weighted by molar-refractivity contribution is 6.31. The van der Waals surface area contributed by atoms with Gasteiger partial charge in [0.05, 0.1) is 10.9 Å². The highest BCUT2D eigenvalue weighted by Gasteiger charge is 2.51. The zero-order valence-corrected chi connectivity index (χ0v) is 22.4. The number of nitrogens with two attached hydrogens (primary N) is 1. The highest BCUT2D eigenvalue weighted by atomic mass is 35.5. The van der Waals surface area contributed by atoms with Gasteiger partial charge in [0.2, 0.25) is 5.95 Å². The number of H-pyrrole nitrogens is 1. The number of guanidine groups is 1. The molecule has 3 aromatic rings. The second kappa shape index (κ2) is 9.22. The second-order valence-corrected chi connectivity index (χ2v) is 11.9. The molecule has 1 aromatic heterocycles. The quantitative estimate of drug-likeness (QED) is 0.293. The predicted octanol–water partition coefficient (Wildman–Crippen LogP) is 6.14. The molecule has 3 unspecified atom stereocenters. The van der Waals surface area contributed by atoms with Crippen molar-refractivity contribution < 1.29 is 0 Å². The Morgan fingerprint density at radius 2 is 2.06 bits per heavy atom. The zero-order chi connectivity index (χ0) is 25.7. The number of aryl methyl sites for hydroxylation is 1. The average Bonchev–Trinajstić information content (AvgIpc) is 2.83. The molecule has 190 valence electrons. The molecule has 1 fully saturated rings. The number of aromatic nitrogens is 2. The lowest BCUT2D eigenvalue weighted by Crippen LogP contribution is -2.50. The van der Waals surface area contributed by atoms with E-state index in [1.54, 1.807) is 18.2 Å². The molecule has 1 saturated carbocycles. The van der Waals surface area contributed by atoms with Gasteiger partial charge in [0, 0.05) is 11.6 Å². The molecule has 5 rings (SSSR count). The first-order chi connectivity index (χ1) is 17.1. The summed E-state index contributed by atoms with van der Waals surface area (Å²) in [5, 5.41) is 3.92. The Balaban J connectivity index is 1.37. The van der Waals surface area contributed by atoms with E-state index in [4.69, 9.17) is 22.3 Å². The fraction of sp³-hybridized carbons (Fsp3) is 0.483. The van der Waals surface area contributed by atoms with E-state index in [-0.39, 0.29) is 28.3 Å². The summed E-state index contributed by atoms with van der Waals surface area (Å²) in [6.45, 7) is 10.0. The third-order valence-corrected chi connectivity index (χ3v) is 8.93. The molecular weight excluding hydrogens is 470 g/mol. The number of nitrogens with one attached hydrogen (secondary N) is 2. The van der Waals surface area contributed by atoms with Crippen LogP contribution < -0.4 is 16.6 Å². The number of aliphatic imine (C=N–C) groups is 1. The molecule has 4 N–H and O–H groups in total. The maximum atomic E-state index is 12.5. The molecule has 0 saturated heterocycles. The number of benzene rings is 2. The lowest BCUT2D eigenvalue weighted by molar-refractivity contribution is 0.0330. The van der Waals surface area contributed by atoms with Crippen LogP contribution in [0.4, 0.5) is 5.95 Å². The summed E-state index contributed by atoms with van der Waals surface area (Å²) in [4.78, 5) is 24.4. The molecule has 0 bridgehead atoms. The number of nitrogens with zero attached hydrogens (tertiary/aromatic N) is 2. The first-order valence-corrected chi connectivity index (χ1v) is 13.4. The maximum absolute atomic E-state index is 12.5. The van der Waals surface area contributed by atoms with E-state index in [0.717, 1.165) is 12.8 Å². The molecule has 1 heterocycles. The average molecular weight is 506 g/mol. The van der Waals surface area contributed by atoms with Crippen molar-refractivity contribution in [2.24, 2.45) is 22.1 Å². The smallest absolute Gasteiger partial charge is 0.260 e. The molecule has 7 heteroatoms. The van der Waals surface area contributed by atoms with Crippen LogP contribution in [0.2, 0.25) is 5.02 Å². The molecule has 2 aliphatic carbocycles. The number of anilines is 1. The van der Waals surface area contributed by atoms with E-state index in [1.807, 2.05) is 0 Å². The fourth-order valence-electron chi connectivity index (χ4n) is 6.79. The van der Waals surface area contributed by atoms with Crippen LogP contribution in [-0.2, 0) is 11.8 Å². The van der Waals surface area contributed by atoms with Crippen LogP contribution in [0.15, 0.2) is 46.2 Å². The number of halogens is 1. The van der Waals surface area contributed by atoms with Crippen molar-refractivity contribution in [2.45, 2.75) is 71.1 Å². The zero-order valence-electron chi connectivity index (χ0n) is 21.6. The van der Waals surface area contributed by atoms with Crippen LogP contribution in [0, 0.1) is 11.3 Å². The van der Waals surface area contributed by atoms with Crippen LogP contribution in [0.1, 0.15) is 76.0 Å². The van der Waals surface area contributed by atoms with Crippen LogP contribution in [-0.4, -0.2) is 22.5 Å². The molecule has 0 aliphatic heterocycles. The van der Waals surface area contributed by atoms with E-state index in [1.165, 1.54) is 36.0 Å². The maximum Gasteiger partial charge on any atom is 0.260 e. The molecule has 0 amide bonds. The number of hydrogen-bond acceptors (Lipinski definition) is 3. The SMILES string of the molecule is CC(C)c1ccc2c(c1)CCC1C(C)(CN=C(N)Nc3nc4ccc(Cl)cc4c(=O)[nH]3)CCCC21C. The Labute approximate surface area is 217 Å². The molecule has 2 aliphatic rings. The van der Waals surface area contributed by atoms with Gasteiger partial charge < -0.3 is 5.73 Å². The monoisotopic (exact) mass is 505 g/mol. The van der Waals surface area contributed by atoms with Crippen molar-refractivity contribution in [2.75, 3.05) is 11.9 Å². The number of hydrogen-bond donors (Lipinski definition) is 3. The minimum absolute atomic E-state index is 0.0503. The van der Waals surface area contributed by atoms with E-state index in [9.17, 15) is 4.79 Å². The Bertz CT molecular complexity index is 1400. The van der Waals surface area contributed by atoms with Gasteiger partial charge in [-0.25, -0.2) is 4.98 Å². The van der Waals surface area contributed by atoms with Crippen molar-refractivity contribution in [3.05, 3.63) is 68.5 Å². The summed E-state index contributed by atoms with van der Waals surface area (Å²) in [6, 6.07) is 12.2. The van der Waals surface area contributed by atoms with Crippen LogP contribution >= 0.6 is 11.6 Å². The molecule has 3 atom stereocenters. The Kier molecular flexibility index (Phi) is 6.36. The summed E-state index contributed by atoms with van der Waals surface area (Å²) in [5.74, 6) is 1.63. The summed E-state index contributed by atoms with van der Waals surface area (Å²) in [7, 11) is 0. The highest BCUT2D eigenvalue weighted by Crippen LogP contribution is 2.57. The van der Waals surface area contributed by atoms with Crippen LogP contribution in [0.25, 0.3) is 10.9 Å². The van der Waals surface area contributed by atoms with Gasteiger partial charge in [0.1, 0.15) is 0 Å². The Morgan fingerprint density at radius 3 is 2.83 bits per heavy atom. The number of aromatic amines is 1. The molecule has 2 aromatic carbocycles. The summed E-state index contributed by atoms with van der Waals surface area (Å²) in [6.07, 6.45) is 5.82. The van der Waals surface area contributed by atoms with E-state index in [2.05, 4.69) is 61.2 Å². The van der Waals surface area contributed by atoms with Crippen LogP contribution in [0.3, 0.4) is 0 Å². The molecule has 0 spiro atoms. The second-order valence-electron chi connectivity index (χ2n) is 11.5. The lowest BCUT2D eigenvalue weighted by Gasteiger charge is -2.55. The first-order valence-electron chi connectivity index (χ1n) is 13.0. The van der Waals surface area contributed by atoms with Crippen molar-refractivity contribution in [1.82, 2.24) is 9.97 Å². The topological polar surface area (TPSA) is 96.2 Å². The Hall–Kier alpha value is -2.86. The minimum Gasteiger partial charge on any atom is -0.370 e. The van der Waals surface area contributed by atoms with Gasteiger partial charge >= 0.3 is 0 Å². The van der Waals surface area contributed by atoms with E-state index >= 15 is 0 Å². The Morgan fingerprint density at radius 1 is 1.25 bits per heavy atom. The lowest BCUT2D eigenvalue weighted by atomic mass is 9.50. The van der Waals surface area contributed by atoms with Gasteiger partial charge in [-0.1, -0.05) is 63.9 Å². The van der Waals surface area contributed by atoms with Gasteiger partial charge in [-0.15, -0.1) is 0 Å². The first kappa shape index (κ1) is 24.8. The molecule has 6 nitrogen and oxygen atoms in total. The fourth-order valence-corrected chi connectivity index (χ4v) is 6.96. The van der Waals surface area contributed by atoms with E-state index in [0.29, 0.717) is 34.3 Å². The summed E-state index contributed by atoms with van der Waals surface area (Å²) >= 11 is 6.01. The van der Waals surface area contributed by atoms with Gasteiger partial charge in [0.25, 0.3) is 5.56 Å². The van der Waals surface area contributed by atoms with Crippen molar-refractivity contribution in [3.63, 3.8) is 0 Å². The largest absolute Gasteiger partial charge is 0.370 e. The third kappa shape index (κ3) is 4.40. The van der Waals surface area contributed by atoms with Crippen molar-refractivity contribution in [3.8, 4) is 0 Å². The molecule has 0 radical (unpaired) electrons. The van der Waals surface area contributed by atoms with Gasteiger partial charge in [-0.3, -0.25) is 20.1 Å². The predicted molar refractivity (Wildman–Crippen MR) is 149 cm³/mol. The van der Waals surface area contributed by atoms with Crippen LogP contribution in [0.5, 0.6) is 0 Å². The summed E-state index contributed by atoms with van der Waals surface area (Å²) < 4.78 is 0. The molecular formula is C29H36ClN5O. The summed E-state index contributed by atoms with van der Waals surface area (Å²) in [5.41, 5.74) is 11.3. The molecule has 36 heavy (non-hydrogen) atoms. The van der Waals surface area contributed by atoms with Crippen molar-refractivity contribution in [1.29, 1.82) is 0 Å². The van der Waals surface area contributed by atoms with Gasteiger partial charge in [0.15, 0.2) is 5.96 Å². The van der Waals surface area contributed by atoms with E-state index < -0.39 is 0 Å². The van der Waals surface area contributed by atoms with Gasteiger partial charge in [-0.2, -0.15) is 0 Å². The van der Waals surface area contributed by atoms with Gasteiger partial charge in [-0.05, 0) is 83.2 Å². The normalized spacial score (nSPS) is 26.1. The number of fused-ring (bicyclic) bond motifs is 4. The minimum atomic E-state index is -0.269. The standard InChI is InChI=1S/C29H36ClN5O/c1-17(2)18-6-9-22-19(14-18)7-11-24-28(3,12-5-13-29(22,24)4)16-32-26(31)35-27-33-23-10-8-20(30)15-21(23)25(36)34-27/h6,8-10,14-15,17,24H,5,7,11-13,16H2,1-4H3,(H4,31,32,33,34,35,36). The third-order valence-electron chi connectivity index (χ3n) is 8.69. The van der Waals surface area contributed by atoms with Crippen molar-refractivity contribution >= 4 is 34.4 Å². The number of rotatable bonds is 4.